The number of amides is 1. The lowest BCUT2D eigenvalue weighted by molar-refractivity contribution is -0.129. The highest BCUT2D eigenvalue weighted by atomic mass is 35.5. The number of carbonyl (C=O) groups excluding carboxylic acids is 1. The average molecular weight is 274 g/mol. The lowest BCUT2D eigenvalue weighted by atomic mass is 9.80. The van der Waals surface area contributed by atoms with Gasteiger partial charge in [-0.25, -0.2) is 0 Å². The minimum atomic E-state index is 0.0628. The molecular weight excluding hydrogens is 246 g/mol. The minimum Gasteiger partial charge on any atom is -0.353 e. The summed E-state index contributed by atoms with van der Waals surface area (Å²) in [4.78, 5) is 12.4. The van der Waals surface area contributed by atoms with Crippen molar-refractivity contribution in [3.05, 3.63) is 0 Å². The van der Waals surface area contributed by atoms with Crippen molar-refractivity contribution >= 4 is 17.5 Å². The Labute approximate surface area is 117 Å². The van der Waals surface area contributed by atoms with Crippen LogP contribution in [0.1, 0.15) is 60.3 Å². The maximum absolute atomic E-state index is 12.4. The van der Waals surface area contributed by atoms with Crippen LogP contribution in [-0.2, 0) is 4.79 Å². The van der Waals surface area contributed by atoms with Gasteiger partial charge in [0.1, 0.15) is 0 Å². The highest BCUT2D eigenvalue weighted by molar-refractivity contribution is 6.17. The van der Waals surface area contributed by atoms with E-state index in [1.807, 2.05) is 0 Å². The summed E-state index contributed by atoms with van der Waals surface area (Å²) in [6, 6.07) is 0.166. The van der Waals surface area contributed by atoms with Crippen molar-refractivity contribution in [2.75, 3.05) is 5.88 Å². The van der Waals surface area contributed by atoms with E-state index in [1.165, 1.54) is 6.42 Å². The van der Waals surface area contributed by atoms with Crippen LogP contribution in [-0.4, -0.2) is 17.8 Å². The molecule has 0 aromatic heterocycles. The fourth-order valence-electron chi connectivity index (χ4n) is 2.92. The molecule has 0 bridgehead atoms. The topological polar surface area (TPSA) is 29.1 Å². The van der Waals surface area contributed by atoms with E-state index in [0.29, 0.717) is 5.88 Å². The summed E-state index contributed by atoms with van der Waals surface area (Å²) in [7, 11) is 0. The van der Waals surface area contributed by atoms with Crippen LogP contribution in [0.4, 0.5) is 0 Å². The number of hydrogen-bond acceptors (Lipinski definition) is 1. The van der Waals surface area contributed by atoms with Gasteiger partial charge in [-0.3, -0.25) is 4.79 Å². The molecule has 0 saturated heterocycles. The number of nitrogens with one attached hydrogen (secondary N) is 1. The van der Waals surface area contributed by atoms with Crippen molar-refractivity contribution in [1.29, 1.82) is 0 Å². The van der Waals surface area contributed by atoms with Crippen molar-refractivity contribution in [3.8, 4) is 0 Å². The van der Waals surface area contributed by atoms with Crippen molar-refractivity contribution < 1.29 is 4.79 Å². The van der Waals surface area contributed by atoms with Gasteiger partial charge >= 0.3 is 0 Å². The molecule has 18 heavy (non-hydrogen) atoms. The van der Waals surface area contributed by atoms with Crippen LogP contribution in [0.5, 0.6) is 0 Å². The maximum Gasteiger partial charge on any atom is 0.223 e. The molecule has 1 fully saturated rings. The van der Waals surface area contributed by atoms with Crippen LogP contribution in [0, 0.1) is 16.7 Å². The molecule has 0 spiro atoms. The number of hydrogen-bond donors (Lipinski definition) is 1. The van der Waals surface area contributed by atoms with Crippen LogP contribution in [0.3, 0.4) is 0 Å². The predicted octanol–water partition coefficient (Wildman–Crippen LogP) is 3.97. The average Bonchev–Trinajstić information content (AvgIpc) is 2.56. The first-order valence-electron chi connectivity index (χ1n) is 7.05. The third kappa shape index (κ3) is 3.88. The number of halogens is 1. The van der Waals surface area contributed by atoms with Gasteiger partial charge in [-0.2, -0.15) is 0 Å². The van der Waals surface area contributed by atoms with E-state index in [9.17, 15) is 4.79 Å². The maximum atomic E-state index is 12.4. The zero-order valence-corrected chi connectivity index (χ0v) is 13.2. The Kier molecular flexibility index (Phi) is 5.11. The quantitative estimate of drug-likeness (QED) is 0.772. The molecule has 3 heteroatoms. The molecule has 2 atom stereocenters. The molecule has 1 N–H and O–H groups in total. The van der Waals surface area contributed by atoms with Gasteiger partial charge in [-0.15, -0.1) is 11.6 Å². The van der Waals surface area contributed by atoms with Gasteiger partial charge in [0.2, 0.25) is 5.91 Å². The summed E-state index contributed by atoms with van der Waals surface area (Å²) < 4.78 is 0. The molecule has 0 heterocycles. The SMILES string of the molecule is CC(C)(C)C(CCCl)NC(=O)C1CCCC1(C)C. The van der Waals surface area contributed by atoms with Gasteiger partial charge in [0.25, 0.3) is 0 Å². The van der Waals surface area contributed by atoms with Crippen molar-refractivity contribution in [3.63, 3.8) is 0 Å². The second-order valence-corrected chi connectivity index (χ2v) is 7.72. The summed E-state index contributed by atoms with van der Waals surface area (Å²) in [5.74, 6) is 0.983. The third-order valence-corrected chi connectivity index (χ3v) is 4.55. The van der Waals surface area contributed by atoms with Crippen molar-refractivity contribution in [2.24, 2.45) is 16.7 Å². The van der Waals surface area contributed by atoms with E-state index in [1.54, 1.807) is 0 Å². The summed E-state index contributed by atoms with van der Waals surface area (Å²) in [6.45, 7) is 10.9. The van der Waals surface area contributed by atoms with Gasteiger partial charge in [0.15, 0.2) is 0 Å². The highest BCUT2D eigenvalue weighted by Crippen LogP contribution is 2.42. The Morgan fingerprint density at radius 2 is 2.06 bits per heavy atom. The molecule has 2 unspecified atom stereocenters. The monoisotopic (exact) mass is 273 g/mol. The normalized spacial score (nSPS) is 24.9. The van der Waals surface area contributed by atoms with Gasteiger partial charge < -0.3 is 5.32 Å². The van der Waals surface area contributed by atoms with Gasteiger partial charge in [-0.1, -0.05) is 41.0 Å². The third-order valence-electron chi connectivity index (χ3n) is 4.33. The standard InChI is InChI=1S/C15H28ClNO/c1-14(2,3)12(8-10-16)17-13(18)11-7-6-9-15(11,4)5/h11-12H,6-10H2,1-5H3,(H,17,18). The van der Waals surface area contributed by atoms with E-state index in [-0.39, 0.29) is 28.7 Å². The first-order valence-corrected chi connectivity index (χ1v) is 7.58. The lowest BCUT2D eigenvalue weighted by Crippen LogP contribution is -2.47. The number of rotatable bonds is 4. The molecule has 0 aliphatic heterocycles. The molecule has 0 aromatic carbocycles. The van der Waals surface area contributed by atoms with Gasteiger partial charge in [0, 0.05) is 17.8 Å². The zero-order chi connectivity index (χ0) is 14.0. The largest absolute Gasteiger partial charge is 0.353 e. The van der Waals surface area contributed by atoms with Crippen LogP contribution >= 0.6 is 11.6 Å². The molecule has 1 saturated carbocycles. The Morgan fingerprint density at radius 1 is 1.44 bits per heavy atom. The molecule has 0 radical (unpaired) electrons. The molecule has 106 valence electrons. The van der Waals surface area contributed by atoms with Crippen molar-refractivity contribution in [1.82, 2.24) is 5.32 Å². The van der Waals surface area contributed by atoms with E-state index in [4.69, 9.17) is 11.6 Å². The van der Waals surface area contributed by atoms with E-state index in [2.05, 4.69) is 39.9 Å². The van der Waals surface area contributed by atoms with Crippen LogP contribution < -0.4 is 5.32 Å². The highest BCUT2D eigenvalue weighted by Gasteiger charge is 2.40. The Morgan fingerprint density at radius 3 is 2.44 bits per heavy atom. The molecule has 1 aliphatic carbocycles. The molecule has 1 rings (SSSR count). The second kappa shape index (κ2) is 5.81. The van der Waals surface area contributed by atoms with E-state index >= 15 is 0 Å². The summed E-state index contributed by atoms with van der Waals surface area (Å²) in [5, 5.41) is 3.23. The molecule has 0 aromatic rings. The van der Waals surface area contributed by atoms with Crippen LogP contribution in [0.15, 0.2) is 0 Å². The number of carbonyl (C=O) groups is 1. The Bertz CT molecular complexity index is 293. The molecule has 2 nitrogen and oxygen atoms in total. The smallest absolute Gasteiger partial charge is 0.223 e. The first-order chi connectivity index (χ1) is 8.18. The Balaban J connectivity index is 2.67. The number of alkyl halides is 1. The van der Waals surface area contributed by atoms with E-state index in [0.717, 1.165) is 19.3 Å². The fourth-order valence-corrected chi connectivity index (χ4v) is 3.13. The summed E-state index contributed by atoms with van der Waals surface area (Å²) in [5.41, 5.74) is 0.209. The zero-order valence-electron chi connectivity index (χ0n) is 12.5. The van der Waals surface area contributed by atoms with Crippen LogP contribution in [0.2, 0.25) is 0 Å². The molecular formula is C15H28ClNO. The predicted molar refractivity (Wildman–Crippen MR) is 77.8 cm³/mol. The van der Waals surface area contributed by atoms with Gasteiger partial charge in [-0.05, 0) is 30.1 Å². The summed E-state index contributed by atoms with van der Waals surface area (Å²) in [6.07, 6.45) is 4.18. The first kappa shape index (κ1) is 15.8. The summed E-state index contributed by atoms with van der Waals surface area (Å²) >= 11 is 5.85. The minimum absolute atomic E-state index is 0.0628. The van der Waals surface area contributed by atoms with Crippen molar-refractivity contribution in [2.45, 2.75) is 66.3 Å². The molecule has 1 amide bonds. The second-order valence-electron chi connectivity index (χ2n) is 7.34. The van der Waals surface area contributed by atoms with E-state index < -0.39 is 0 Å². The molecule has 1 aliphatic rings. The Hall–Kier alpha value is -0.240. The van der Waals surface area contributed by atoms with Gasteiger partial charge in [0.05, 0.1) is 0 Å². The van der Waals surface area contributed by atoms with Crippen LogP contribution in [0.25, 0.3) is 0 Å². The fraction of sp³-hybridized carbons (Fsp3) is 0.933. The lowest BCUT2D eigenvalue weighted by Gasteiger charge is -2.34.